The van der Waals surface area contributed by atoms with E-state index < -0.39 is 0 Å². The number of anilines is 1. The topological polar surface area (TPSA) is 49.3 Å². The second-order valence-electron chi connectivity index (χ2n) is 3.04. The van der Waals surface area contributed by atoms with Gasteiger partial charge in [0.05, 0.1) is 0 Å². The molecule has 1 aromatic rings. The number of aryl methyl sites for hydroxylation is 1. The van der Waals surface area contributed by atoms with Gasteiger partial charge in [-0.1, -0.05) is 6.08 Å². The van der Waals surface area contributed by atoms with Crippen LogP contribution in [0.2, 0.25) is 0 Å². The summed E-state index contributed by atoms with van der Waals surface area (Å²) in [5, 5.41) is 11.9. The van der Waals surface area contributed by atoms with Crippen molar-refractivity contribution < 1.29 is 9.90 Å². The Bertz CT molecular complexity index is 358. The second-order valence-corrected chi connectivity index (χ2v) is 3.04. The third-order valence-electron chi connectivity index (χ3n) is 1.81. The van der Waals surface area contributed by atoms with E-state index in [4.69, 9.17) is 5.11 Å². The first-order valence-corrected chi connectivity index (χ1v) is 4.34. The number of aromatic hydroxyl groups is 1. The molecule has 3 nitrogen and oxygen atoms in total. The zero-order valence-corrected chi connectivity index (χ0v) is 8.08. The van der Waals surface area contributed by atoms with E-state index in [9.17, 15) is 4.79 Å². The Morgan fingerprint density at radius 2 is 2.36 bits per heavy atom. The number of nitrogens with one attached hydrogen (secondary N) is 1. The van der Waals surface area contributed by atoms with Crippen molar-refractivity contribution in [3.05, 3.63) is 36.4 Å². The van der Waals surface area contributed by atoms with E-state index in [1.807, 2.05) is 6.92 Å². The number of carbonyl (C=O) groups excluding carboxylic acids is 1. The van der Waals surface area contributed by atoms with Crippen LogP contribution in [0.4, 0.5) is 5.69 Å². The second kappa shape index (κ2) is 4.46. The van der Waals surface area contributed by atoms with Crippen LogP contribution in [0, 0.1) is 6.92 Å². The molecule has 0 aliphatic heterocycles. The maximum atomic E-state index is 11.2. The van der Waals surface area contributed by atoms with Crippen molar-refractivity contribution in [3.8, 4) is 5.75 Å². The number of amides is 1. The van der Waals surface area contributed by atoms with E-state index in [0.29, 0.717) is 6.42 Å². The van der Waals surface area contributed by atoms with Crippen molar-refractivity contribution >= 4 is 11.6 Å². The summed E-state index contributed by atoms with van der Waals surface area (Å²) in [6.07, 6.45) is 1.84. The minimum absolute atomic E-state index is 0.103. The molecule has 0 aliphatic carbocycles. The molecule has 0 spiro atoms. The lowest BCUT2D eigenvalue weighted by Crippen LogP contribution is -2.10. The van der Waals surface area contributed by atoms with Crippen molar-refractivity contribution in [1.29, 1.82) is 0 Å². The van der Waals surface area contributed by atoms with Crippen molar-refractivity contribution in [2.75, 3.05) is 5.32 Å². The number of phenolic OH excluding ortho intramolecular Hbond substituents is 1. The van der Waals surface area contributed by atoms with Crippen molar-refractivity contribution in [2.45, 2.75) is 13.3 Å². The summed E-state index contributed by atoms with van der Waals surface area (Å²) in [5.41, 5.74) is 1.55. The van der Waals surface area contributed by atoms with Crippen LogP contribution >= 0.6 is 0 Å². The van der Waals surface area contributed by atoms with Gasteiger partial charge in [-0.15, -0.1) is 6.58 Å². The normalized spacial score (nSPS) is 9.50. The van der Waals surface area contributed by atoms with Gasteiger partial charge in [0.1, 0.15) is 5.75 Å². The molecular weight excluding hydrogens is 178 g/mol. The largest absolute Gasteiger partial charge is 0.508 e. The molecule has 0 atom stereocenters. The van der Waals surface area contributed by atoms with E-state index >= 15 is 0 Å². The van der Waals surface area contributed by atoms with E-state index in [1.165, 1.54) is 6.07 Å². The molecule has 0 saturated heterocycles. The minimum Gasteiger partial charge on any atom is -0.508 e. The highest BCUT2D eigenvalue weighted by atomic mass is 16.3. The summed E-state index contributed by atoms with van der Waals surface area (Å²) in [7, 11) is 0. The number of phenols is 1. The average Bonchev–Trinajstić information content (AvgIpc) is 2.10. The smallest absolute Gasteiger partial charge is 0.228 e. The standard InChI is InChI=1S/C11H13NO2/c1-3-4-11(14)12-10-6-5-9(13)7-8(10)2/h3,5-7,13H,1,4H2,2H3,(H,12,14). The van der Waals surface area contributed by atoms with Gasteiger partial charge in [0.15, 0.2) is 0 Å². The molecule has 0 aromatic heterocycles. The third-order valence-corrected chi connectivity index (χ3v) is 1.81. The van der Waals surface area contributed by atoms with Gasteiger partial charge in [-0.05, 0) is 30.7 Å². The van der Waals surface area contributed by atoms with E-state index in [0.717, 1.165) is 11.3 Å². The molecule has 14 heavy (non-hydrogen) atoms. The van der Waals surface area contributed by atoms with Gasteiger partial charge in [0, 0.05) is 12.1 Å². The van der Waals surface area contributed by atoms with Gasteiger partial charge in [-0.2, -0.15) is 0 Å². The quantitative estimate of drug-likeness (QED) is 0.568. The Morgan fingerprint density at radius 1 is 1.64 bits per heavy atom. The molecule has 3 heteroatoms. The van der Waals surface area contributed by atoms with Crippen LogP contribution in [-0.2, 0) is 4.79 Å². The van der Waals surface area contributed by atoms with Crippen molar-refractivity contribution in [3.63, 3.8) is 0 Å². The molecule has 0 radical (unpaired) electrons. The lowest BCUT2D eigenvalue weighted by atomic mass is 10.2. The first-order chi connectivity index (χ1) is 6.63. The third kappa shape index (κ3) is 2.62. The van der Waals surface area contributed by atoms with Crippen LogP contribution in [0.15, 0.2) is 30.9 Å². The van der Waals surface area contributed by atoms with Crippen LogP contribution in [-0.4, -0.2) is 11.0 Å². The van der Waals surface area contributed by atoms with Crippen LogP contribution < -0.4 is 5.32 Å². The molecule has 0 fully saturated rings. The molecule has 0 heterocycles. The summed E-state index contributed by atoms with van der Waals surface area (Å²) < 4.78 is 0. The van der Waals surface area contributed by atoms with Gasteiger partial charge in [-0.25, -0.2) is 0 Å². The molecule has 0 unspecified atom stereocenters. The van der Waals surface area contributed by atoms with Crippen LogP contribution in [0.3, 0.4) is 0 Å². The monoisotopic (exact) mass is 191 g/mol. The van der Waals surface area contributed by atoms with Gasteiger partial charge in [0.25, 0.3) is 0 Å². The van der Waals surface area contributed by atoms with Gasteiger partial charge >= 0.3 is 0 Å². The van der Waals surface area contributed by atoms with Gasteiger partial charge in [0.2, 0.25) is 5.91 Å². The fraction of sp³-hybridized carbons (Fsp3) is 0.182. The predicted molar refractivity (Wildman–Crippen MR) is 56.3 cm³/mol. The molecule has 1 rings (SSSR count). The van der Waals surface area contributed by atoms with Crippen LogP contribution in [0.5, 0.6) is 5.75 Å². The number of hydrogen-bond donors (Lipinski definition) is 2. The Kier molecular flexibility index (Phi) is 3.29. The molecule has 1 aromatic carbocycles. The molecule has 74 valence electrons. The highest BCUT2D eigenvalue weighted by Crippen LogP contribution is 2.20. The highest BCUT2D eigenvalue weighted by Gasteiger charge is 2.02. The number of rotatable bonds is 3. The first kappa shape index (κ1) is 10.3. The lowest BCUT2D eigenvalue weighted by Gasteiger charge is -2.07. The Balaban J connectivity index is 2.76. The fourth-order valence-electron chi connectivity index (χ4n) is 1.12. The van der Waals surface area contributed by atoms with Gasteiger partial charge in [-0.3, -0.25) is 4.79 Å². The number of carbonyl (C=O) groups is 1. The number of benzene rings is 1. The Hall–Kier alpha value is -1.77. The zero-order valence-electron chi connectivity index (χ0n) is 8.08. The minimum atomic E-state index is -0.103. The van der Waals surface area contributed by atoms with Gasteiger partial charge < -0.3 is 10.4 Å². The van der Waals surface area contributed by atoms with E-state index in [2.05, 4.69) is 11.9 Å². The summed E-state index contributed by atoms with van der Waals surface area (Å²) in [6, 6.07) is 4.81. The molecule has 0 saturated carbocycles. The summed E-state index contributed by atoms with van der Waals surface area (Å²) >= 11 is 0. The maximum absolute atomic E-state index is 11.2. The Labute approximate surface area is 83.1 Å². The van der Waals surface area contributed by atoms with Crippen molar-refractivity contribution in [1.82, 2.24) is 0 Å². The summed E-state index contributed by atoms with van der Waals surface area (Å²) in [4.78, 5) is 11.2. The maximum Gasteiger partial charge on any atom is 0.228 e. The SMILES string of the molecule is C=CCC(=O)Nc1ccc(O)cc1C. The zero-order chi connectivity index (χ0) is 10.6. The lowest BCUT2D eigenvalue weighted by molar-refractivity contribution is -0.115. The fourth-order valence-corrected chi connectivity index (χ4v) is 1.12. The van der Waals surface area contributed by atoms with E-state index in [-0.39, 0.29) is 11.7 Å². The molecular formula is C11H13NO2. The number of hydrogen-bond acceptors (Lipinski definition) is 2. The molecule has 0 aliphatic rings. The molecule has 0 bridgehead atoms. The predicted octanol–water partition coefficient (Wildman–Crippen LogP) is 2.22. The molecule has 2 N–H and O–H groups in total. The summed E-state index contributed by atoms with van der Waals surface area (Å²) in [5.74, 6) is 0.0954. The first-order valence-electron chi connectivity index (χ1n) is 4.34. The summed E-state index contributed by atoms with van der Waals surface area (Å²) in [6.45, 7) is 5.30. The van der Waals surface area contributed by atoms with Crippen LogP contribution in [0.25, 0.3) is 0 Å². The Morgan fingerprint density at radius 3 is 2.93 bits per heavy atom. The van der Waals surface area contributed by atoms with Crippen LogP contribution in [0.1, 0.15) is 12.0 Å². The van der Waals surface area contributed by atoms with Crippen molar-refractivity contribution in [2.24, 2.45) is 0 Å². The highest BCUT2D eigenvalue weighted by molar-refractivity contribution is 5.92. The average molecular weight is 191 g/mol. The van der Waals surface area contributed by atoms with E-state index in [1.54, 1.807) is 18.2 Å². The molecule has 1 amide bonds.